The van der Waals surface area contributed by atoms with Crippen LogP contribution in [0.5, 0.6) is 11.6 Å². The third kappa shape index (κ3) is 4.32. The molecule has 0 saturated carbocycles. The van der Waals surface area contributed by atoms with Crippen LogP contribution < -0.4 is 20.8 Å². The van der Waals surface area contributed by atoms with Gasteiger partial charge in [-0.05, 0) is 30.7 Å². The third-order valence-corrected chi connectivity index (χ3v) is 2.98. The van der Waals surface area contributed by atoms with E-state index in [9.17, 15) is 4.79 Å². The Kier molecular flexibility index (Phi) is 5.34. The Balaban J connectivity index is 1.90. The van der Waals surface area contributed by atoms with Crippen LogP contribution in [0.4, 0.5) is 0 Å². The van der Waals surface area contributed by atoms with E-state index >= 15 is 0 Å². The largest absolute Gasteiger partial charge is 0.492 e. The minimum Gasteiger partial charge on any atom is -0.492 e. The van der Waals surface area contributed by atoms with Crippen LogP contribution in [-0.2, 0) is 13.0 Å². The van der Waals surface area contributed by atoms with Gasteiger partial charge in [-0.15, -0.1) is 5.10 Å². The molecule has 6 nitrogen and oxygen atoms in total. The maximum Gasteiger partial charge on any atom is 0.267 e. The van der Waals surface area contributed by atoms with E-state index in [0.29, 0.717) is 25.6 Å². The summed E-state index contributed by atoms with van der Waals surface area (Å²) in [6.07, 6.45) is 0.851. The molecule has 0 aliphatic rings. The molecule has 0 aliphatic heterocycles. The lowest BCUT2D eigenvalue weighted by atomic mass is 10.1. The Bertz CT molecular complexity index is 623. The number of hydrogen-bond donors (Lipinski definition) is 1. The molecule has 0 atom stereocenters. The second kappa shape index (κ2) is 7.44. The molecule has 0 saturated heterocycles. The van der Waals surface area contributed by atoms with Gasteiger partial charge >= 0.3 is 0 Å². The zero-order valence-electron chi connectivity index (χ0n) is 12.0. The molecule has 1 aromatic carbocycles. The van der Waals surface area contributed by atoms with Gasteiger partial charge in [0.25, 0.3) is 5.56 Å². The number of aromatic nitrogens is 2. The van der Waals surface area contributed by atoms with Gasteiger partial charge in [0.15, 0.2) is 0 Å². The summed E-state index contributed by atoms with van der Waals surface area (Å²) in [6, 6.07) is 10.7. The Morgan fingerprint density at radius 3 is 2.62 bits per heavy atom. The molecular formula is C15H19N3O3. The first-order valence-electron chi connectivity index (χ1n) is 6.77. The van der Waals surface area contributed by atoms with Gasteiger partial charge in [0.05, 0.1) is 13.7 Å². The van der Waals surface area contributed by atoms with Crippen LogP contribution in [0.1, 0.15) is 5.56 Å². The van der Waals surface area contributed by atoms with Crippen molar-refractivity contribution >= 4 is 0 Å². The predicted molar refractivity (Wildman–Crippen MR) is 79.7 cm³/mol. The van der Waals surface area contributed by atoms with Crippen LogP contribution in [-0.4, -0.2) is 30.0 Å². The predicted octanol–water partition coefficient (Wildman–Crippen LogP) is 0.832. The summed E-state index contributed by atoms with van der Waals surface area (Å²) < 4.78 is 11.9. The lowest BCUT2D eigenvalue weighted by molar-refractivity contribution is 0.282. The molecule has 1 aromatic heterocycles. The van der Waals surface area contributed by atoms with Crippen molar-refractivity contribution in [1.82, 2.24) is 9.78 Å². The molecule has 0 fully saturated rings. The Hall–Kier alpha value is -2.34. The molecule has 112 valence electrons. The number of rotatable bonds is 7. The summed E-state index contributed by atoms with van der Waals surface area (Å²) in [5.41, 5.74) is 6.49. The van der Waals surface area contributed by atoms with E-state index in [1.165, 1.54) is 29.5 Å². The molecule has 2 aromatic rings. The van der Waals surface area contributed by atoms with Gasteiger partial charge in [-0.3, -0.25) is 4.79 Å². The van der Waals surface area contributed by atoms with E-state index in [4.69, 9.17) is 15.2 Å². The van der Waals surface area contributed by atoms with Crippen molar-refractivity contribution in [3.05, 3.63) is 52.3 Å². The fraction of sp³-hybridized carbons (Fsp3) is 0.333. The lowest BCUT2D eigenvalue weighted by Crippen LogP contribution is -2.25. The number of nitrogens with two attached hydrogens (primary N) is 1. The molecule has 21 heavy (non-hydrogen) atoms. The summed E-state index contributed by atoms with van der Waals surface area (Å²) in [6.45, 7) is 1.35. The molecule has 0 radical (unpaired) electrons. The summed E-state index contributed by atoms with van der Waals surface area (Å²) in [4.78, 5) is 11.6. The van der Waals surface area contributed by atoms with Crippen molar-refractivity contribution in [2.24, 2.45) is 5.73 Å². The SMILES string of the molecule is COc1ccc(=O)n(CCOc2ccc(CCN)cc2)n1. The molecule has 0 spiro atoms. The van der Waals surface area contributed by atoms with Gasteiger partial charge in [-0.1, -0.05) is 12.1 Å². The second-order valence-electron chi connectivity index (χ2n) is 4.47. The first kappa shape index (κ1) is 15.1. The number of ether oxygens (including phenoxy) is 2. The van der Waals surface area contributed by atoms with Crippen LogP contribution in [0.3, 0.4) is 0 Å². The second-order valence-corrected chi connectivity index (χ2v) is 4.47. The van der Waals surface area contributed by atoms with E-state index in [0.717, 1.165) is 12.2 Å². The van der Waals surface area contributed by atoms with Crippen molar-refractivity contribution in [2.45, 2.75) is 13.0 Å². The summed E-state index contributed by atoms with van der Waals surface area (Å²) >= 11 is 0. The van der Waals surface area contributed by atoms with Crippen molar-refractivity contribution in [2.75, 3.05) is 20.3 Å². The zero-order chi connectivity index (χ0) is 15.1. The van der Waals surface area contributed by atoms with E-state index in [-0.39, 0.29) is 5.56 Å². The van der Waals surface area contributed by atoms with Crippen LogP contribution in [0.15, 0.2) is 41.2 Å². The van der Waals surface area contributed by atoms with Crippen LogP contribution >= 0.6 is 0 Å². The van der Waals surface area contributed by atoms with Crippen molar-refractivity contribution in [1.29, 1.82) is 0 Å². The smallest absolute Gasteiger partial charge is 0.267 e. The summed E-state index contributed by atoms with van der Waals surface area (Å²) in [5.74, 6) is 1.16. The highest BCUT2D eigenvalue weighted by Gasteiger charge is 2.01. The maximum absolute atomic E-state index is 11.6. The maximum atomic E-state index is 11.6. The summed E-state index contributed by atoms with van der Waals surface area (Å²) in [7, 11) is 1.51. The molecular weight excluding hydrogens is 270 g/mol. The van der Waals surface area contributed by atoms with E-state index in [1.54, 1.807) is 0 Å². The topological polar surface area (TPSA) is 79.4 Å². The quantitative estimate of drug-likeness (QED) is 0.817. The molecule has 6 heteroatoms. The molecule has 0 aliphatic carbocycles. The summed E-state index contributed by atoms with van der Waals surface area (Å²) in [5, 5.41) is 4.05. The van der Waals surface area contributed by atoms with E-state index < -0.39 is 0 Å². The van der Waals surface area contributed by atoms with E-state index in [2.05, 4.69) is 5.10 Å². The molecule has 0 unspecified atom stereocenters. The fourth-order valence-corrected chi connectivity index (χ4v) is 1.87. The highest BCUT2D eigenvalue weighted by Crippen LogP contribution is 2.12. The minimum absolute atomic E-state index is 0.183. The third-order valence-electron chi connectivity index (χ3n) is 2.98. The Morgan fingerprint density at radius 2 is 1.95 bits per heavy atom. The average Bonchev–Trinajstić information content (AvgIpc) is 2.51. The first-order valence-corrected chi connectivity index (χ1v) is 6.77. The van der Waals surface area contributed by atoms with Crippen LogP contribution in [0, 0.1) is 0 Å². The van der Waals surface area contributed by atoms with Gasteiger partial charge in [-0.25, -0.2) is 4.68 Å². The Morgan fingerprint density at radius 1 is 1.19 bits per heavy atom. The van der Waals surface area contributed by atoms with Gasteiger partial charge < -0.3 is 15.2 Å². The highest BCUT2D eigenvalue weighted by atomic mass is 16.5. The highest BCUT2D eigenvalue weighted by molar-refractivity contribution is 5.27. The molecule has 1 heterocycles. The van der Waals surface area contributed by atoms with Crippen molar-refractivity contribution in [3.8, 4) is 11.6 Å². The lowest BCUT2D eigenvalue weighted by Gasteiger charge is -2.09. The molecule has 2 N–H and O–H groups in total. The fourth-order valence-electron chi connectivity index (χ4n) is 1.87. The average molecular weight is 289 g/mol. The van der Waals surface area contributed by atoms with Crippen molar-refractivity contribution in [3.63, 3.8) is 0 Å². The van der Waals surface area contributed by atoms with E-state index in [1.807, 2.05) is 24.3 Å². The zero-order valence-corrected chi connectivity index (χ0v) is 12.0. The van der Waals surface area contributed by atoms with Crippen molar-refractivity contribution < 1.29 is 9.47 Å². The van der Waals surface area contributed by atoms with Gasteiger partial charge in [0, 0.05) is 12.1 Å². The van der Waals surface area contributed by atoms with Crippen LogP contribution in [0.25, 0.3) is 0 Å². The number of hydrogen-bond acceptors (Lipinski definition) is 5. The number of benzene rings is 1. The standard InChI is InChI=1S/C15H19N3O3/c1-20-14-6-7-15(19)18(17-14)10-11-21-13-4-2-12(3-5-13)8-9-16/h2-7H,8-11,16H2,1H3. The number of methoxy groups -OCH3 is 1. The molecule has 0 bridgehead atoms. The number of nitrogens with zero attached hydrogens (tertiary/aromatic N) is 2. The minimum atomic E-state index is -0.183. The molecule has 2 rings (SSSR count). The van der Waals surface area contributed by atoms with Gasteiger partial charge in [0.1, 0.15) is 12.4 Å². The van der Waals surface area contributed by atoms with Gasteiger partial charge in [0.2, 0.25) is 5.88 Å². The van der Waals surface area contributed by atoms with Crippen LogP contribution in [0.2, 0.25) is 0 Å². The first-order chi connectivity index (χ1) is 10.2. The monoisotopic (exact) mass is 289 g/mol. The Labute approximate surface area is 123 Å². The normalized spacial score (nSPS) is 10.4. The van der Waals surface area contributed by atoms with Gasteiger partial charge in [-0.2, -0.15) is 0 Å². The molecule has 0 amide bonds.